The van der Waals surface area contributed by atoms with Gasteiger partial charge in [-0.3, -0.25) is 19.1 Å². The fraction of sp³-hybridized carbons (Fsp3) is 0.348. The predicted molar refractivity (Wildman–Crippen MR) is 134 cm³/mol. The molecule has 0 spiro atoms. The van der Waals surface area contributed by atoms with Crippen molar-refractivity contribution in [1.29, 1.82) is 0 Å². The average molecular weight is 522 g/mol. The predicted octanol–water partition coefficient (Wildman–Crippen LogP) is 5.49. The van der Waals surface area contributed by atoms with Crippen molar-refractivity contribution < 1.29 is 14.0 Å². The Bertz CT molecular complexity index is 1210. The smallest absolute Gasteiger partial charge is 0.323 e. The number of hydrogen-bond acceptors (Lipinski definition) is 6. The number of nitrogens with zero attached hydrogens (tertiary/aromatic N) is 4. The van der Waals surface area contributed by atoms with Crippen molar-refractivity contribution in [3.8, 4) is 0 Å². The van der Waals surface area contributed by atoms with Gasteiger partial charge in [0.1, 0.15) is 10.8 Å². The monoisotopic (exact) mass is 521 g/mol. The molecule has 2 amide bonds. The molecule has 1 aromatic carbocycles. The van der Waals surface area contributed by atoms with Crippen LogP contribution in [0.1, 0.15) is 41.3 Å². The van der Waals surface area contributed by atoms with Crippen LogP contribution in [0.25, 0.3) is 0 Å². The van der Waals surface area contributed by atoms with Crippen LogP contribution in [0.5, 0.6) is 0 Å². The molecule has 0 atom stereocenters. The molecule has 1 saturated carbocycles. The number of carbonyl (C=O) groups is 2. The molecule has 0 bridgehead atoms. The Morgan fingerprint density at radius 1 is 1.35 bits per heavy atom. The lowest BCUT2D eigenvalue weighted by molar-refractivity contribution is 0.112. The zero-order valence-electron chi connectivity index (χ0n) is 19.0. The van der Waals surface area contributed by atoms with E-state index < -0.39 is 5.82 Å². The SMILES string of the molecule is CN(Cc1cnn(C)c1)C(=O)N(Cc1ccc(F)c(Cl)c1)c1sc(SNC2(C)CC2)cc1C=O. The third-order valence-electron chi connectivity index (χ3n) is 5.55. The van der Waals surface area contributed by atoms with Gasteiger partial charge in [-0.1, -0.05) is 17.7 Å². The van der Waals surface area contributed by atoms with Gasteiger partial charge in [-0.05, 0) is 55.5 Å². The third-order valence-corrected chi connectivity index (χ3v) is 8.22. The van der Waals surface area contributed by atoms with Crippen molar-refractivity contribution in [2.75, 3.05) is 11.9 Å². The van der Waals surface area contributed by atoms with Gasteiger partial charge in [-0.25, -0.2) is 9.18 Å². The molecule has 180 valence electrons. The molecule has 1 aliphatic rings. The summed E-state index contributed by atoms with van der Waals surface area (Å²) in [7, 11) is 3.51. The number of aromatic nitrogens is 2. The van der Waals surface area contributed by atoms with Gasteiger partial charge in [0.15, 0.2) is 6.29 Å². The van der Waals surface area contributed by atoms with Crippen LogP contribution < -0.4 is 9.62 Å². The van der Waals surface area contributed by atoms with Crippen molar-refractivity contribution in [2.24, 2.45) is 7.05 Å². The number of thiophene rings is 1. The number of hydrogen-bond donors (Lipinski definition) is 1. The van der Waals surface area contributed by atoms with E-state index >= 15 is 0 Å². The second kappa shape index (κ2) is 10.1. The van der Waals surface area contributed by atoms with Gasteiger partial charge < -0.3 is 4.90 Å². The number of aryl methyl sites for hydroxylation is 1. The van der Waals surface area contributed by atoms with Crippen LogP contribution in [-0.4, -0.2) is 39.6 Å². The highest BCUT2D eigenvalue weighted by Crippen LogP contribution is 2.41. The topological polar surface area (TPSA) is 70.5 Å². The summed E-state index contributed by atoms with van der Waals surface area (Å²) in [6.45, 7) is 2.63. The molecule has 4 rings (SSSR count). The summed E-state index contributed by atoms with van der Waals surface area (Å²) in [5.74, 6) is -0.528. The van der Waals surface area contributed by atoms with E-state index in [1.54, 1.807) is 35.0 Å². The first-order chi connectivity index (χ1) is 16.2. The number of amides is 2. The summed E-state index contributed by atoms with van der Waals surface area (Å²) >= 11 is 8.82. The summed E-state index contributed by atoms with van der Waals surface area (Å²) in [6, 6.07) is 5.85. The normalized spacial score (nSPS) is 14.1. The van der Waals surface area contributed by atoms with Crippen LogP contribution in [-0.2, 0) is 20.1 Å². The number of nitrogens with one attached hydrogen (secondary N) is 1. The molecule has 11 heteroatoms. The second-order valence-electron chi connectivity index (χ2n) is 8.70. The number of halogens is 2. The first-order valence-electron chi connectivity index (χ1n) is 10.6. The Hall–Kier alpha value is -2.40. The highest BCUT2D eigenvalue weighted by Gasteiger charge is 2.37. The van der Waals surface area contributed by atoms with E-state index in [1.807, 2.05) is 13.2 Å². The summed E-state index contributed by atoms with van der Waals surface area (Å²) in [6.07, 6.45) is 6.51. The van der Waals surface area contributed by atoms with Crippen LogP contribution in [0.15, 0.2) is 40.9 Å². The lowest BCUT2D eigenvalue weighted by atomic mass is 10.2. The van der Waals surface area contributed by atoms with E-state index in [4.69, 9.17) is 11.6 Å². The maximum absolute atomic E-state index is 13.7. The number of anilines is 1. The Morgan fingerprint density at radius 2 is 2.12 bits per heavy atom. The van der Waals surface area contributed by atoms with E-state index in [1.165, 1.54) is 40.3 Å². The van der Waals surface area contributed by atoms with Gasteiger partial charge in [-0.2, -0.15) is 5.10 Å². The average Bonchev–Trinajstić information content (AvgIpc) is 3.19. The van der Waals surface area contributed by atoms with Gasteiger partial charge in [0.2, 0.25) is 0 Å². The first-order valence-corrected chi connectivity index (χ1v) is 12.7. The Labute approximate surface area is 211 Å². The van der Waals surface area contributed by atoms with Gasteiger partial charge in [-0.15, -0.1) is 11.3 Å². The Kier molecular flexibility index (Phi) is 7.32. The van der Waals surface area contributed by atoms with Gasteiger partial charge in [0.05, 0.1) is 34.1 Å². The van der Waals surface area contributed by atoms with Crippen molar-refractivity contribution >= 4 is 52.2 Å². The molecule has 0 saturated heterocycles. The molecule has 1 fully saturated rings. The molecule has 3 aromatic rings. The van der Waals surface area contributed by atoms with E-state index in [2.05, 4.69) is 16.7 Å². The van der Waals surface area contributed by atoms with Crippen LogP contribution in [0.4, 0.5) is 14.2 Å². The summed E-state index contributed by atoms with van der Waals surface area (Å²) in [4.78, 5) is 28.6. The molecular formula is C23H25ClFN5O2S2. The quantitative estimate of drug-likeness (QED) is 0.297. The van der Waals surface area contributed by atoms with E-state index in [0.717, 1.165) is 28.9 Å². The molecule has 0 radical (unpaired) electrons. The maximum Gasteiger partial charge on any atom is 0.325 e. The van der Waals surface area contributed by atoms with Crippen LogP contribution >= 0.6 is 34.9 Å². The summed E-state index contributed by atoms with van der Waals surface area (Å²) in [5, 5.41) is 4.67. The van der Waals surface area contributed by atoms with Crippen LogP contribution in [0.3, 0.4) is 0 Å². The van der Waals surface area contributed by atoms with Crippen molar-refractivity contribution in [3.63, 3.8) is 0 Å². The molecule has 2 aromatic heterocycles. The highest BCUT2D eigenvalue weighted by molar-refractivity contribution is 7.99. The molecule has 1 aliphatic carbocycles. The number of aldehydes is 1. The van der Waals surface area contributed by atoms with E-state index in [0.29, 0.717) is 22.7 Å². The zero-order valence-corrected chi connectivity index (χ0v) is 21.4. The number of rotatable bonds is 9. The van der Waals surface area contributed by atoms with Gasteiger partial charge in [0.25, 0.3) is 0 Å². The molecule has 0 unspecified atom stereocenters. The van der Waals surface area contributed by atoms with Gasteiger partial charge in [0, 0.05) is 31.4 Å². The molecule has 7 nitrogen and oxygen atoms in total. The molecular weight excluding hydrogens is 497 g/mol. The maximum atomic E-state index is 13.7. The third kappa shape index (κ3) is 5.80. The van der Waals surface area contributed by atoms with E-state index in [-0.39, 0.29) is 23.1 Å². The molecule has 0 aliphatic heterocycles. The van der Waals surface area contributed by atoms with Crippen molar-refractivity contribution in [3.05, 3.63) is 64.2 Å². The van der Waals surface area contributed by atoms with Crippen molar-refractivity contribution in [1.82, 2.24) is 19.4 Å². The first kappa shape index (κ1) is 24.7. The fourth-order valence-electron chi connectivity index (χ4n) is 3.33. The largest absolute Gasteiger partial charge is 0.325 e. The lowest BCUT2D eigenvalue weighted by Gasteiger charge is -2.27. The van der Waals surface area contributed by atoms with Crippen molar-refractivity contribution in [2.45, 2.75) is 42.6 Å². The Morgan fingerprint density at radius 3 is 2.74 bits per heavy atom. The summed E-state index contributed by atoms with van der Waals surface area (Å²) < 4.78 is 19.7. The minimum absolute atomic E-state index is 0.0199. The van der Waals surface area contributed by atoms with Crippen LogP contribution in [0, 0.1) is 5.82 Å². The second-order valence-corrected chi connectivity index (χ2v) is 11.2. The van der Waals surface area contributed by atoms with E-state index in [9.17, 15) is 14.0 Å². The number of urea groups is 1. The van der Waals surface area contributed by atoms with Crippen LogP contribution in [0.2, 0.25) is 5.02 Å². The zero-order chi connectivity index (χ0) is 24.5. The molecule has 1 N–H and O–H groups in total. The minimum Gasteiger partial charge on any atom is -0.323 e. The number of carbonyl (C=O) groups excluding carboxylic acids is 2. The highest BCUT2D eigenvalue weighted by atomic mass is 35.5. The molecule has 34 heavy (non-hydrogen) atoms. The lowest BCUT2D eigenvalue weighted by Crippen LogP contribution is -2.40. The Balaban J connectivity index is 1.63. The standard InChI is InChI=1S/C23H25ClFN5O2S2/c1-23(6-7-23)27-34-20-9-17(14-31)21(33-20)30(13-15-4-5-19(25)18(24)8-15)22(32)28(2)11-16-10-26-29(3)12-16/h4-5,8-10,12,14,27H,6-7,11,13H2,1-3H3. The number of benzene rings is 1. The minimum atomic E-state index is -0.528. The van der Waals surface area contributed by atoms with Gasteiger partial charge >= 0.3 is 6.03 Å². The molecule has 2 heterocycles. The fourth-order valence-corrected chi connectivity index (χ4v) is 5.65. The summed E-state index contributed by atoms with van der Waals surface area (Å²) in [5.41, 5.74) is 2.06.